The van der Waals surface area contributed by atoms with E-state index in [4.69, 9.17) is 8.83 Å². The van der Waals surface area contributed by atoms with Crippen molar-refractivity contribution in [2.45, 2.75) is 55.4 Å². The molecule has 0 fully saturated rings. The van der Waals surface area contributed by atoms with Crippen LogP contribution < -0.4 is 9.80 Å². The monoisotopic (exact) mass is 804 g/mol. The van der Waals surface area contributed by atoms with Gasteiger partial charge >= 0.3 is 0 Å². The summed E-state index contributed by atoms with van der Waals surface area (Å²) in [6.45, 7) is 17.5. The van der Waals surface area contributed by atoms with E-state index >= 15 is 0 Å². The third-order valence-corrected chi connectivity index (χ3v) is 13.4. The van der Waals surface area contributed by atoms with Gasteiger partial charge in [0.1, 0.15) is 22.3 Å². The largest absolute Gasteiger partial charge is 0.455 e. The molecule has 0 saturated carbocycles. The summed E-state index contributed by atoms with van der Waals surface area (Å²) in [6.07, 6.45) is 0. The zero-order valence-corrected chi connectivity index (χ0v) is 36.6. The normalized spacial score (nSPS) is 11.9. The Hall–Kier alpha value is -7.30. The highest BCUT2D eigenvalue weighted by atomic mass is 16.3. The molecule has 0 unspecified atom stereocenters. The van der Waals surface area contributed by atoms with Gasteiger partial charge in [-0.3, -0.25) is 0 Å². The number of hydrogen-bond donors (Lipinski definition) is 0. The van der Waals surface area contributed by atoms with E-state index in [1.54, 1.807) is 0 Å². The lowest BCUT2D eigenvalue weighted by Gasteiger charge is -2.27. The van der Waals surface area contributed by atoms with Crippen molar-refractivity contribution in [1.29, 1.82) is 0 Å². The first-order valence-corrected chi connectivity index (χ1v) is 21.6. The lowest BCUT2D eigenvalue weighted by Crippen LogP contribution is -2.11. The highest BCUT2D eigenvalue weighted by molar-refractivity contribution is 6.30. The molecule has 11 aromatic rings. The van der Waals surface area contributed by atoms with E-state index in [9.17, 15) is 0 Å². The van der Waals surface area contributed by atoms with Gasteiger partial charge in [0, 0.05) is 66.4 Å². The molecule has 0 saturated heterocycles. The van der Waals surface area contributed by atoms with Gasteiger partial charge in [0.2, 0.25) is 0 Å². The number of aryl methyl sites for hydroxylation is 6. The quantitative estimate of drug-likeness (QED) is 0.168. The SMILES string of the molecule is Cc1ccc(N(c2cc(C)c(C)c(C)c2)c2ccc3c(ccc4c3oc3ccc5oc6c7ccc(N(c8ccc(C)cc8)c8cc(C)c(C)c(C)c8)cc7ccc6c5c34)c2)cc1. The highest BCUT2D eigenvalue weighted by Crippen LogP contribution is 2.46. The summed E-state index contributed by atoms with van der Waals surface area (Å²) in [6, 6.07) is 53.3. The lowest BCUT2D eigenvalue weighted by atomic mass is 9.99. The van der Waals surface area contributed by atoms with Gasteiger partial charge < -0.3 is 18.6 Å². The number of hydrogen-bond acceptors (Lipinski definition) is 4. The van der Waals surface area contributed by atoms with Crippen LogP contribution in [0.5, 0.6) is 0 Å². The van der Waals surface area contributed by atoms with Crippen molar-refractivity contribution in [2.75, 3.05) is 9.80 Å². The second-order valence-corrected chi connectivity index (χ2v) is 17.5. The Morgan fingerprint density at radius 1 is 0.306 bits per heavy atom. The molecule has 302 valence electrons. The Morgan fingerprint density at radius 3 is 1.02 bits per heavy atom. The molecule has 0 radical (unpaired) electrons. The summed E-state index contributed by atoms with van der Waals surface area (Å²) in [5.74, 6) is 0. The van der Waals surface area contributed by atoms with Gasteiger partial charge in [-0.2, -0.15) is 0 Å². The van der Waals surface area contributed by atoms with Gasteiger partial charge in [-0.15, -0.1) is 0 Å². The van der Waals surface area contributed by atoms with Crippen molar-refractivity contribution in [1.82, 2.24) is 0 Å². The van der Waals surface area contributed by atoms with Crippen LogP contribution in [0.15, 0.2) is 154 Å². The molecular formula is C58H48N2O2. The topological polar surface area (TPSA) is 32.8 Å². The summed E-state index contributed by atoms with van der Waals surface area (Å²) in [4.78, 5) is 4.72. The number of benzene rings is 9. The second kappa shape index (κ2) is 14.1. The van der Waals surface area contributed by atoms with E-state index in [1.165, 1.54) is 44.5 Å². The molecule has 0 amide bonds. The van der Waals surface area contributed by atoms with Crippen molar-refractivity contribution >= 4 is 99.5 Å². The van der Waals surface area contributed by atoms with Crippen molar-refractivity contribution in [3.8, 4) is 0 Å². The van der Waals surface area contributed by atoms with Crippen molar-refractivity contribution in [2.24, 2.45) is 0 Å². The maximum absolute atomic E-state index is 6.80. The van der Waals surface area contributed by atoms with Crippen LogP contribution in [-0.4, -0.2) is 0 Å². The molecule has 0 aliphatic heterocycles. The van der Waals surface area contributed by atoms with Crippen LogP contribution in [0.4, 0.5) is 34.1 Å². The summed E-state index contributed by atoms with van der Waals surface area (Å²) in [5, 5.41) is 8.75. The smallest absolute Gasteiger partial charge is 0.143 e. The van der Waals surface area contributed by atoms with Crippen LogP contribution in [-0.2, 0) is 0 Å². The molecule has 2 aromatic heterocycles. The first-order chi connectivity index (χ1) is 30.0. The number of anilines is 6. The van der Waals surface area contributed by atoms with E-state index < -0.39 is 0 Å². The van der Waals surface area contributed by atoms with Crippen LogP contribution in [0.2, 0.25) is 0 Å². The third-order valence-electron chi connectivity index (χ3n) is 13.4. The Balaban J connectivity index is 1.04. The molecule has 4 heteroatoms. The van der Waals surface area contributed by atoms with Crippen LogP contribution in [0.1, 0.15) is 44.5 Å². The molecule has 2 heterocycles. The van der Waals surface area contributed by atoms with Gasteiger partial charge in [0.05, 0.1) is 0 Å². The number of nitrogens with zero attached hydrogens (tertiary/aromatic N) is 2. The summed E-state index contributed by atoms with van der Waals surface area (Å²) in [5.41, 5.74) is 20.5. The maximum atomic E-state index is 6.80. The molecular weight excluding hydrogens is 757 g/mol. The van der Waals surface area contributed by atoms with Crippen LogP contribution in [0.25, 0.3) is 65.4 Å². The van der Waals surface area contributed by atoms with Gasteiger partial charge in [-0.25, -0.2) is 0 Å². The molecule has 9 aromatic carbocycles. The predicted octanol–water partition coefficient (Wildman–Crippen LogP) is 17.2. The van der Waals surface area contributed by atoms with Crippen LogP contribution in [0, 0.1) is 55.4 Å². The van der Waals surface area contributed by atoms with E-state index in [0.29, 0.717) is 0 Å². The summed E-state index contributed by atoms with van der Waals surface area (Å²) < 4.78 is 13.6. The minimum absolute atomic E-state index is 0.853. The number of furan rings is 2. The third kappa shape index (κ3) is 5.96. The van der Waals surface area contributed by atoms with Gasteiger partial charge in [0.25, 0.3) is 0 Å². The number of fused-ring (bicyclic) bond motifs is 11. The lowest BCUT2D eigenvalue weighted by molar-refractivity contribution is 0.666. The Bertz CT molecular complexity index is 3320. The molecule has 0 aliphatic rings. The van der Waals surface area contributed by atoms with Gasteiger partial charge in [-0.05, 0) is 209 Å². The highest BCUT2D eigenvalue weighted by Gasteiger charge is 2.22. The first kappa shape index (κ1) is 37.7. The molecule has 0 atom stereocenters. The van der Waals surface area contributed by atoms with Crippen LogP contribution in [0.3, 0.4) is 0 Å². The van der Waals surface area contributed by atoms with Crippen molar-refractivity contribution in [3.05, 3.63) is 190 Å². The molecule has 0 aliphatic carbocycles. The summed E-state index contributed by atoms with van der Waals surface area (Å²) >= 11 is 0. The molecule has 4 nitrogen and oxygen atoms in total. The van der Waals surface area contributed by atoms with E-state index in [1.807, 2.05) is 0 Å². The Morgan fingerprint density at radius 2 is 0.645 bits per heavy atom. The van der Waals surface area contributed by atoms with E-state index in [2.05, 4.69) is 211 Å². The average Bonchev–Trinajstić information content (AvgIpc) is 3.85. The zero-order chi connectivity index (χ0) is 42.6. The molecule has 11 rings (SSSR count). The first-order valence-electron chi connectivity index (χ1n) is 21.6. The molecule has 0 N–H and O–H groups in total. The fourth-order valence-corrected chi connectivity index (χ4v) is 9.52. The summed E-state index contributed by atoms with van der Waals surface area (Å²) in [7, 11) is 0. The maximum Gasteiger partial charge on any atom is 0.143 e. The van der Waals surface area contributed by atoms with Gasteiger partial charge in [0.15, 0.2) is 0 Å². The fraction of sp³-hybridized carbons (Fsp3) is 0.138. The fourth-order valence-electron chi connectivity index (χ4n) is 9.52. The second-order valence-electron chi connectivity index (χ2n) is 17.5. The van der Waals surface area contributed by atoms with E-state index in [0.717, 1.165) is 99.5 Å². The standard InChI is InChI=1S/C58H48N2O2/c1-33-9-15-43(16-10-33)59(47-27-35(3)39(7)36(4)28-47)45-19-23-49-41(31-45)13-21-51-55-53(61-57(49)51)25-26-54-56(55)52-22-14-42-32-46(20-24-50(42)58(52)62-54)60(44-17-11-34(2)12-18-44)48-29-37(5)40(8)38(6)30-48/h9-32H,1-8H3. The minimum atomic E-state index is 0.853. The minimum Gasteiger partial charge on any atom is -0.455 e. The molecule has 0 spiro atoms. The number of rotatable bonds is 6. The van der Waals surface area contributed by atoms with Gasteiger partial charge in [-0.1, -0.05) is 47.5 Å². The predicted molar refractivity (Wildman–Crippen MR) is 263 cm³/mol. The molecule has 62 heavy (non-hydrogen) atoms. The van der Waals surface area contributed by atoms with Crippen molar-refractivity contribution < 1.29 is 8.83 Å². The Kier molecular flexibility index (Phi) is 8.59. The van der Waals surface area contributed by atoms with Crippen LogP contribution >= 0.6 is 0 Å². The Labute approximate surface area is 362 Å². The zero-order valence-electron chi connectivity index (χ0n) is 36.6. The molecule has 0 bridgehead atoms. The van der Waals surface area contributed by atoms with Crippen molar-refractivity contribution in [3.63, 3.8) is 0 Å². The average molecular weight is 805 g/mol. The van der Waals surface area contributed by atoms with E-state index in [-0.39, 0.29) is 0 Å².